The average Bonchev–Trinajstić information content (AvgIpc) is 2.76. The molecular formula is C11H12FN3S. The molecule has 0 spiro atoms. The summed E-state index contributed by atoms with van der Waals surface area (Å²) in [5.41, 5.74) is 1.71. The van der Waals surface area contributed by atoms with Crippen molar-refractivity contribution in [3.63, 3.8) is 0 Å². The summed E-state index contributed by atoms with van der Waals surface area (Å²) in [5, 5.41) is 6.02. The summed E-state index contributed by atoms with van der Waals surface area (Å²) in [4.78, 5) is 8.41. The molecule has 0 aliphatic carbocycles. The molecule has 16 heavy (non-hydrogen) atoms. The smallest absolute Gasteiger partial charge is 0.142 e. The van der Waals surface area contributed by atoms with E-state index in [2.05, 4.69) is 22.2 Å². The minimum absolute atomic E-state index is 0.326. The van der Waals surface area contributed by atoms with E-state index in [0.29, 0.717) is 5.69 Å². The van der Waals surface area contributed by atoms with Gasteiger partial charge in [0.25, 0.3) is 0 Å². The van der Waals surface area contributed by atoms with Crippen LogP contribution in [0.25, 0.3) is 10.7 Å². The second kappa shape index (κ2) is 5.14. The van der Waals surface area contributed by atoms with Gasteiger partial charge in [-0.05, 0) is 18.7 Å². The molecule has 2 aromatic rings. The van der Waals surface area contributed by atoms with Crippen molar-refractivity contribution in [2.24, 2.45) is 0 Å². The fourth-order valence-corrected chi connectivity index (χ4v) is 2.06. The third-order valence-corrected chi connectivity index (χ3v) is 2.97. The van der Waals surface area contributed by atoms with Crippen LogP contribution in [-0.2, 0) is 6.54 Å². The average molecular weight is 237 g/mol. The van der Waals surface area contributed by atoms with Crippen LogP contribution in [-0.4, -0.2) is 16.5 Å². The molecule has 0 aliphatic rings. The van der Waals surface area contributed by atoms with Gasteiger partial charge in [-0.2, -0.15) is 0 Å². The van der Waals surface area contributed by atoms with Crippen molar-refractivity contribution < 1.29 is 4.39 Å². The molecule has 0 atom stereocenters. The lowest BCUT2D eigenvalue weighted by Gasteiger charge is -1.96. The predicted octanol–water partition coefficient (Wildman–Crippen LogP) is 2.45. The number of nitrogens with one attached hydrogen (secondary N) is 1. The van der Waals surface area contributed by atoms with Crippen molar-refractivity contribution >= 4 is 11.3 Å². The molecule has 1 N–H and O–H groups in total. The van der Waals surface area contributed by atoms with Gasteiger partial charge in [0.2, 0.25) is 0 Å². The second-order valence-corrected chi connectivity index (χ2v) is 4.14. The Balaban J connectivity index is 2.15. The van der Waals surface area contributed by atoms with Crippen LogP contribution < -0.4 is 5.32 Å². The molecule has 2 heterocycles. The number of hydrogen-bond donors (Lipinski definition) is 1. The quantitative estimate of drug-likeness (QED) is 0.887. The van der Waals surface area contributed by atoms with Gasteiger partial charge in [0, 0.05) is 11.9 Å². The zero-order valence-electron chi connectivity index (χ0n) is 8.90. The first-order valence-electron chi connectivity index (χ1n) is 5.06. The first-order chi connectivity index (χ1) is 7.79. The maximum atomic E-state index is 12.7. The van der Waals surface area contributed by atoms with Crippen molar-refractivity contribution in [3.8, 4) is 10.7 Å². The molecule has 0 aliphatic heterocycles. The minimum atomic E-state index is -0.326. The van der Waals surface area contributed by atoms with Crippen LogP contribution >= 0.6 is 11.3 Å². The molecule has 0 fully saturated rings. The van der Waals surface area contributed by atoms with E-state index in [1.165, 1.54) is 23.6 Å². The lowest BCUT2D eigenvalue weighted by Crippen LogP contribution is -2.11. The number of nitrogens with zero attached hydrogens (tertiary/aromatic N) is 2. The van der Waals surface area contributed by atoms with Crippen molar-refractivity contribution in [1.29, 1.82) is 0 Å². The van der Waals surface area contributed by atoms with Gasteiger partial charge < -0.3 is 5.32 Å². The number of pyridine rings is 1. The maximum absolute atomic E-state index is 12.7. The maximum Gasteiger partial charge on any atom is 0.142 e. The van der Waals surface area contributed by atoms with Crippen molar-refractivity contribution in [2.75, 3.05) is 6.54 Å². The predicted molar refractivity (Wildman–Crippen MR) is 62.7 cm³/mol. The summed E-state index contributed by atoms with van der Waals surface area (Å²) in [6.45, 7) is 3.73. The van der Waals surface area contributed by atoms with Gasteiger partial charge >= 0.3 is 0 Å². The van der Waals surface area contributed by atoms with Crippen LogP contribution in [0.4, 0.5) is 4.39 Å². The number of rotatable bonds is 4. The fraction of sp³-hybridized carbons (Fsp3) is 0.273. The van der Waals surface area contributed by atoms with Crippen molar-refractivity contribution in [3.05, 3.63) is 35.2 Å². The largest absolute Gasteiger partial charge is 0.311 e. The molecule has 5 heteroatoms. The molecule has 2 aromatic heterocycles. The second-order valence-electron chi connectivity index (χ2n) is 3.29. The zero-order chi connectivity index (χ0) is 11.4. The Labute approximate surface area is 97.4 Å². The number of hydrogen-bond acceptors (Lipinski definition) is 4. The van der Waals surface area contributed by atoms with Gasteiger partial charge in [0.15, 0.2) is 0 Å². The molecule has 0 saturated carbocycles. The Bertz CT molecular complexity index is 453. The Morgan fingerprint density at radius 2 is 2.31 bits per heavy atom. The lowest BCUT2D eigenvalue weighted by atomic mass is 10.3. The highest BCUT2D eigenvalue weighted by molar-refractivity contribution is 7.13. The Morgan fingerprint density at radius 3 is 3.00 bits per heavy atom. The van der Waals surface area contributed by atoms with Gasteiger partial charge in [0.05, 0.1) is 17.6 Å². The molecular weight excluding hydrogens is 225 g/mol. The summed E-state index contributed by atoms with van der Waals surface area (Å²) >= 11 is 1.52. The van der Waals surface area contributed by atoms with E-state index in [0.717, 1.165) is 23.8 Å². The van der Waals surface area contributed by atoms with Crippen LogP contribution in [0.5, 0.6) is 0 Å². The van der Waals surface area contributed by atoms with Crippen LogP contribution in [0.1, 0.15) is 12.6 Å². The van der Waals surface area contributed by atoms with E-state index in [1.807, 2.05) is 5.38 Å². The van der Waals surface area contributed by atoms with Gasteiger partial charge in [-0.1, -0.05) is 6.92 Å². The Hall–Kier alpha value is -1.33. The number of halogens is 1. The van der Waals surface area contributed by atoms with E-state index >= 15 is 0 Å². The summed E-state index contributed by atoms with van der Waals surface area (Å²) in [6.07, 6.45) is 1.21. The fourth-order valence-electron chi connectivity index (χ4n) is 1.26. The van der Waals surface area contributed by atoms with Crippen LogP contribution in [0.15, 0.2) is 23.7 Å². The van der Waals surface area contributed by atoms with E-state index in [9.17, 15) is 4.39 Å². The molecule has 2 rings (SSSR count). The SMILES string of the molecule is CCNCc1csc(-c2ccc(F)cn2)n1. The molecule has 0 aromatic carbocycles. The number of thiazole rings is 1. The molecule has 84 valence electrons. The van der Waals surface area contributed by atoms with Gasteiger partial charge in [-0.15, -0.1) is 11.3 Å². The molecule has 0 amide bonds. The van der Waals surface area contributed by atoms with Crippen molar-refractivity contribution in [1.82, 2.24) is 15.3 Å². The Morgan fingerprint density at radius 1 is 1.44 bits per heavy atom. The molecule has 0 saturated heterocycles. The van der Waals surface area contributed by atoms with E-state index in [4.69, 9.17) is 0 Å². The standard InChI is InChI=1S/C11H12FN3S/c1-2-13-6-9-7-16-11(15-9)10-4-3-8(12)5-14-10/h3-5,7,13H,2,6H2,1H3. The number of aromatic nitrogens is 2. The first kappa shape index (κ1) is 11.2. The zero-order valence-corrected chi connectivity index (χ0v) is 9.72. The Kier molecular flexibility index (Phi) is 3.58. The lowest BCUT2D eigenvalue weighted by molar-refractivity contribution is 0.622. The summed E-state index contributed by atoms with van der Waals surface area (Å²) in [5.74, 6) is -0.326. The van der Waals surface area contributed by atoms with Crippen LogP contribution in [0.2, 0.25) is 0 Å². The summed E-state index contributed by atoms with van der Waals surface area (Å²) in [7, 11) is 0. The van der Waals surface area contributed by atoms with E-state index in [1.54, 1.807) is 6.07 Å². The highest BCUT2D eigenvalue weighted by Gasteiger charge is 2.05. The highest BCUT2D eigenvalue weighted by Crippen LogP contribution is 2.21. The molecule has 0 radical (unpaired) electrons. The van der Waals surface area contributed by atoms with E-state index < -0.39 is 0 Å². The van der Waals surface area contributed by atoms with Gasteiger partial charge in [-0.25, -0.2) is 9.37 Å². The summed E-state index contributed by atoms with van der Waals surface area (Å²) < 4.78 is 12.7. The molecule has 3 nitrogen and oxygen atoms in total. The third kappa shape index (κ3) is 2.62. The monoisotopic (exact) mass is 237 g/mol. The normalized spacial score (nSPS) is 10.6. The van der Waals surface area contributed by atoms with E-state index in [-0.39, 0.29) is 5.82 Å². The molecule has 0 bridgehead atoms. The minimum Gasteiger partial charge on any atom is -0.311 e. The van der Waals surface area contributed by atoms with Gasteiger partial charge in [0.1, 0.15) is 10.8 Å². The van der Waals surface area contributed by atoms with Crippen LogP contribution in [0.3, 0.4) is 0 Å². The molecule has 0 unspecified atom stereocenters. The third-order valence-electron chi connectivity index (χ3n) is 2.05. The van der Waals surface area contributed by atoms with Crippen molar-refractivity contribution in [2.45, 2.75) is 13.5 Å². The highest BCUT2D eigenvalue weighted by atomic mass is 32.1. The summed E-state index contributed by atoms with van der Waals surface area (Å²) in [6, 6.07) is 3.04. The van der Waals surface area contributed by atoms with Crippen LogP contribution in [0, 0.1) is 5.82 Å². The van der Waals surface area contributed by atoms with Gasteiger partial charge in [-0.3, -0.25) is 4.98 Å². The topological polar surface area (TPSA) is 37.8 Å². The first-order valence-corrected chi connectivity index (χ1v) is 5.94.